The van der Waals surface area contributed by atoms with E-state index in [1.807, 2.05) is 36.4 Å². The quantitative estimate of drug-likeness (QED) is 0.944. The maximum Gasteiger partial charge on any atom is 0.217 e. The minimum atomic E-state index is -0.0873. The summed E-state index contributed by atoms with van der Waals surface area (Å²) >= 11 is 0. The van der Waals surface area contributed by atoms with Crippen LogP contribution in [0, 0.1) is 0 Å². The number of hydrogen-bond donors (Lipinski definition) is 1. The Morgan fingerprint density at radius 1 is 1.09 bits per heavy atom. The fraction of sp³-hybridized carbons (Fsp3) is 0.278. The lowest BCUT2D eigenvalue weighted by Gasteiger charge is -2.23. The molecule has 0 radical (unpaired) electrons. The van der Waals surface area contributed by atoms with E-state index < -0.39 is 0 Å². The zero-order valence-corrected chi connectivity index (χ0v) is 12.5. The number of hydrogen-bond acceptors (Lipinski definition) is 3. The first-order chi connectivity index (χ1) is 10.7. The van der Waals surface area contributed by atoms with E-state index in [4.69, 9.17) is 9.47 Å². The van der Waals surface area contributed by atoms with Crippen LogP contribution in [0.25, 0.3) is 0 Å². The Labute approximate surface area is 130 Å². The summed E-state index contributed by atoms with van der Waals surface area (Å²) in [5.74, 6) is 1.46. The van der Waals surface area contributed by atoms with Crippen LogP contribution < -0.4 is 14.8 Å². The van der Waals surface area contributed by atoms with E-state index in [-0.39, 0.29) is 11.9 Å². The van der Waals surface area contributed by atoms with Crippen LogP contribution in [0.1, 0.15) is 24.1 Å². The smallest absolute Gasteiger partial charge is 0.217 e. The van der Waals surface area contributed by atoms with E-state index in [9.17, 15) is 4.79 Å². The van der Waals surface area contributed by atoms with Gasteiger partial charge in [0.2, 0.25) is 5.91 Å². The van der Waals surface area contributed by atoms with Gasteiger partial charge in [0.15, 0.2) is 11.5 Å². The molecule has 3 rings (SSSR count). The first-order valence-electron chi connectivity index (χ1n) is 7.43. The monoisotopic (exact) mass is 297 g/mol. The van der Waals surface area contributed by atoms with Crippen molar-refractivity contribution in [1.29, 1.82) is 0 Å². The lowest BCUT2D eigenvalue weighted by atomic mass is 9.98. The van der Waals surface area contributed by atoms with Crippen LogP contribution in [0.3, 0.4) is 0 Å². The standard InChI is InChI=1S/C18H19NO3/c1-13(20)19-16(11-14-5-3-2-4-6-14)15-7-8-17-18(12-15)22-10-9-21-17/h2-8,12,16H,9-11H2,1H3,(H,19,20). The molecule has 1 aliphatic heterocycles. The zero-order valence-electron chi connectivity index (χ0n) is 12.5. The second-order valence-electron chi connectivity index (χ2n) is 5.35. The van der Waals surface area contributed by atoms with Crippen molar-refractivity contribution < 1.29 is 14.3 Å². The lowest BCUT2D eigenvalue weighted by molar-refractivity contribution is -0.119. The molecule has 4 nitrogen and oxygen atoms in total. The van der Waals surface area contributed by atoms with Gasteiger partial charge < -0.3 is 14.8 Å². The minimum Gasteiger partial charge on any atom is -0.486 e. The first kappa shape index (κ1) is 14.4. The summed E-state index contributed by atoms with van der Waals surface area (Å²) < 4.78 is 11.2. The van der Waals surface area contributed by atoms with Gasteiger partial charge in [-0.1, -0.05) is 36.4 Å². The highest BCUT2D eigenvalue weighted by molar-refractivity contribution is 5.73. The average Bonchev–Trinajstić information content (AvgIpc) is 2.54. The third kappa shape index (κ3) is 3.39. The molecule has 1 aliphatic rings. The fourth-order valence-corrected chi connectivity index (χ4v) is 2.62. The average molecular weight is 297 g/mol. The third-order valence-electron chi connectivity index (χ3n) is 3.63. The molecule has 1 heterocycles. The maximum atomic E-state index is 11.5. The van der Waals surface area contributed by atoms with Crippen molar-refractivity contribution in [3.63, 3.8) is 0 Å². The number of fused-ring (bicyclic) bond motifs is 1. The van der Waals surface area contributed by atoms with Gasteiger partial charge in [0.05, 0.1) is 6.04 Å². The molecular weight excluding hydrogens is 278 g/mol. The number of ether oxygens (including phenoxy) is 2. The molecule has 2 aromatic carbocycles. The van der Waals surface area contributed by atoms with Gasteiger partial charge in [-0.2, -0.15) is 0 Å². The van der Waals surface area contributed by atoms with Crippen molar-refractivity contribution in [2.45, 2.75) is 19.4 Å². The Hall–Kier alpha value is -2.49. The molecule has 0 spiro atoms. The van der Waals surface area contributed by atoms with Crippen molar-refractivity contribution in [3.8, 4) is 11.5 Å². The Morgan fingerprint density at radius 3 is 2.55 bits per heavy atom. The minimum absolute atomic E-state index is 0.0455. The SMILES string of the molecule is CC(=O)NC(Cc1ccccc1)c1ccc2c(c1)OCCO2. The molecule has 2 aromatic rings. The molecule has 0 bridgehead atoms. The van der Waals surface area contributed by atoms with Gasteiger partial charge in [-0.25, -0.2) is 0 Å². The van der Waals surface area contributed by atoms with E-state index in [0.717, 1.165) is 23.5 Å². The molecule has 0 saturated heterocycles. The van der Waals surface area contributed by atoms with Gasteiger partial charge in [-0.15, -0.1) is 0 Å². The van der Waals surface area contributed by atoms with E-state index in [0.29, 0.717) is 13.2 Å². The number of nitrogens with one attached hydrogen (secondary N) is 1. The summed E-state index contributed by atoms with van der Waals surface area (Å²) in [7, 11) is 0. The highest BCUT2D eigenvalue weighted by Gasteiger charge is 2.18. The number of carbonyl (C=O) groups is 1. The highest BCUT2D eigenvalue weighted by Crippen LogP contribution is 2.33. The molecule has 1 unspecified atom stereocenters. The van der Waals surface area contributed by atoms with Crippen LogP contribution in [-0.4, -0.2) is 19.1 Å². The normalized spacial score (nSPS) is 14.2. The predicted octanol–water partition coefficient (Wildman–Crippen LogP) is 2.88. The lowest BCUT2D eigenvalue weighted by Crippen LogP contribution is -2.28. The number of carbonyl (C=O) groups excluding carboxylic acids is 1. The van der Waals surface area contributed by atoms with Crippen molar-refractivity contribution in [2.24, 2.45) is 0 Å². The van der Waals surface area contributed by atoms with E-state index in [1.165, 1.54) is 12.5 Å². The molecule has 1 atom stereocenters. The summed E-state index contributed by atoms with van der Waals surface area (Å²) in [6.07, 6.45) is 0.736. The molecule has 22 heavy (non-hydrogen) atoms. The van der Waals surface area contributed by atoms with E-state index in [1.54, 1.807) is 0 Å². The first-order valence-corrected chi connectivity index (χ1v) is 7.43. The summed E-state index contributed by atoms with van der Waals surface area (Å²) in [5.41, 5.74) is 2.19. The Balaban J connectivity index is 1.86. The molecule has 0 saturated carbocycles. The van der Waals surface area contributed by atoms with Gasteiger partial charge in [0.1, 0.15) is 13.2 Å². The topological polar surface area (TPSA) is 47.6 Å². The maximum absolute atomic E-state index is 11.5. The van der Waals surface area contributed by atoms with Crippen molar-refractivity contribution in [1.82, 2.24) is 5.32 Å². The second-order valence-corrected chi connectivity index (χ2v) is 5.35. The van der Waals surface area contributed by atoms with Crippen LogP contribution in [0.5, 0.6) is 11.5 Å². The van der Waals surface area contributed by atoms with E-state index >= 15 is 0 Å². The predicted molar refractivity (Wildman–Crippen MR) is 84.1 cm³/mol. The van der Waals surface area contributed by atoms with Crippen LogP contribution in [-0.2, 0) is 11.2 Å². The fourth-order valence-electron chi connectivity index (χ4n) is 2.62. The number of benzene rings is 2. The Bertz CT molecular complexity index is 655. The van der Waals surface area contributed by atoms with Gasteiger partial charge in [-0.05, 0) is 29.7 Å². The molecule has 1 amide bonds. The van der Waals surface area contributed by atoms with Crippen LogP contribution in [0.4, 0.5) is 0 Å². The van der Waals surface area contributed by atoms with Gasteiger partial charge in [0, 0.05) is 6.92 Å². The highest BCUT2D eigenvalue weighted by atomic mass is 16.6. The summed E-state index contributed by atoms with van der Waals surface area (Å²) in [6, 6.07) is 15.9. The molecule has 0 aliphatic carbocycles. The summed E-state index contributed by atoms with van der Waals surface area (Å²) in [5, 5.41) is 3.02. The van der Waals surface area contributed by atoms with Gasteiger partial charge in [0.25, 0.3) is 0 Å². The molecule has 0 aromatic heterocycles. The molecule has 0 fully saturated rings. The Kier molecular flexibility index (Phi) is 4.28. The van der Waals surface area contributed by atoms with Crippen molar-refractivity contribution in [3.05, 3.63) is 59.7 Å². The van der Waals surface area contributed by atoms with Crippen molar-refractivity contribution >= 4 is 5.91 Å². The van der Waals surface area contributed by atoms with Crippen LogP contribution in [0.2, 0.25) is 0 Å². The van der Waals surface area contributed by atoms with E-state index in [2.05, 4.69) is 17.4 Å². The second kappa shape index (κ2) is 6.52. The van der Waals surface area contributed by atoms with Crippen molar-refractivity contribution in [2.75, 3.05) is 13.2 Å². The summed E-state index contributed by atoms with van der Waals surface area (Å²) in [4.78, 5) is 11.5. The van der Waals surface area contributed by atoms with Crippen LogP contribution >= 0.6 is 0 Å². The van der Waals surface area contributed by atoms with Gasteiger partial charge in [-0.3, -0.25) is 4.79 Å². The summed E-state index contributed by atoms with van der Waals surface area (Å²) in [6.45, 7) is 2.67. The van der Waals surface area contributed by atoms with Crippen LogP contribution in [0.15, 0.2) is 48.5 Å². The number of rotatable bonds is 4. The molecule has 1 N–H and O–H groups in total. The molecule has 4 heteroatoms. The largest absolute Gasteiger partial charge is 0.486 e. The molecular formula is C18H19NO3. The molecule has 114 valence electrons. The zero-order chi connectivity index (χ0) is 15.4. The third-order valence-corrected chi connectivity index (χ3v) is 3.63. The Morgan fingerprint density at radius 2 is 1.82 bits per heavy atom. The number of amides is 1. The van der Waals surface area contributed by atoms with Gasteiger partial charge >= 0.3 is 0 Å².